The largest absolute Gasteiger partial charge is 0.382 e. The number of ketones is 1. The van der Waals surface area contributed by atoms with E-state index in [1.807, 2.05) is 36.4 Å². The second-order valence-electron chi connectivity index (χ2n) is 15.6. The zero-order valence-electron chi connectivity index (χ0n) is 30.4. The summed E-state index contributed by atoms with van der Waals surface area (Å²) in [7, 11) is 0. The molecule has 13 heteroatoms. The summed E-state index contributed by atoms with van der Waals surface area (Å²) in [5.74, 6) is -0.659. The number of carbonyl (C=O) groups is 5. The van der Waals surface area contributed by atoms with Crippen molar-refractivity contribution in [2.45, 2.75) is 80.5 Å². The van der Waals surface area contributed by atoms with Gasteiger partial charge in [-0.1, -0.05) is 34.2 Å². The number of halogens is 2. The molecule has 2 saturated heterocycles. The van der Waals surface area contributed by atoms with Crippen LogP contribution < -0.4 is 15.5 Å². The number of piperidine rings is 1. The average Bonchev–Trinajstić information content (AvgIpc) is 3.67. The smallest absolute Gasteiger partial charge is 0.262 e. The molecule has 8 rings (SSSR count). The fourth-order valence-electron chi connectivity index (χ4n) is 8.89. The van der Waals surface area contributed by atoms with Crippen molar-refractivity contribution in [2.24, 2.45) is 11.8 Å². The van der Waals surface area contributed by atoms with Crippen molar-refractivity contribution >= 4 is 75.0 Å². The summed E-state index contributed by atoms with van der Waals surface area (Å²) in [6.07, 6.45) is 6.04. The molecule has 3 aromatic rings. The van der Waals surface area contributed by atoms with E-state index in [9.17, 15) is 24.0 Å². The molecule has 2 atom stereocenters. The summed E-state index contributed by atoms with van der Waals surface area (Å²) in [6, 6.07) is 18.7. The van der Waals surface area contributed by atoms with Gasteiger partial charge in [0.05, 0.1) is 21.7 Å². The van der Waals surface area contributed by atoms with Crippen LogP contribution in [0.15, 0.2) is 54.6 Å². The molecule has 5 aliphatic rings. The third-order valence-electron chi connectivity index (χ3n) is 12.0. The van der Waals surface area contributed by atoms with Gasteiger partial charge in [-0.15, -0.1) is 0 Å². The molecule has 2 N–H and O–H groups in total. The molecule has 0 spiro atoms. The summed E-state index contributed by atoms with van der Waals surface area (Å²) in [5.41, 5.74) is 6.04. The van der Waals surface area contributed by atoms with E-state index < -0.39 is 23.8 Å². The Morgan fingerprint density at radius 1 is 0.927 bits per heavy atom. The normalized spacial score (nSPS) is 23.2. The van der Waals surface area contributed by atoms with E-state index in [2.05, 4.69) is 61.2 Å². The lowest BCUT2D eigenvalue weighted by Crippen LogP contribution is -2.54. The van der Waals surface area contributed by atoms with Gasteiger partial charge in [-0.2, -0.15) is 5.26 Å². The highest BCUT2D eigenvalue weighted by atomic mass is 127. The Bertz CT molecular complexity index is 2060. The molecule has 4 aliphatic heterocycles. The number of hydrogen-bond acceptors (Lipinski definition) is 9. The van der Waals surface area contributed by atoms with Crippen molar-refractivity contribution < 1.29 is 24.0 Å². The van der Waals surface area contributed by atoms with E-state index in [1.54, 1.807) is 6.07 Å². The fourth-order valence-corrected chi connectivity index (χ4v) is 10.1. The van der Waals surface area contributed by atoms with Gasteiger partial charge in [0.1, 0.15) is 12.1 Å². The van der Waals surface area contributed by atoms with Crippen molar-refractivity contribution in [3.05, 3.63) is 93.0 Å². The zero-order valence-corrected chi connectivity index (χ0v) is 33.3. The van der Waals surface area contributed by atoms with Crippen LogP contribution in [0.1, 0.15) is 99.1 Å². The minimum absolute atomic E-state index is 0.0982. The first-order chi connectivity index (χ1) is 26.5. The standard InChI is InChI=1S/C42H42ClIN6O5/c43-35-17-31(8-3-27(35)18-45)46-30-6-1-25(2-7-30)36(44)11-13-38(51)26-4-9-32(10-5-26)49-20-24(21-49)19-48-22-28-15-33-34(16-29(28)23-48)42(55)50(41(33)54)37-12-14-39(52)47-40(37)53/h3-5,8-10,15-17,24-25,30,36-37,46H,1-2,6-7,11-14,19-23H2,(H,47,52,53)/t25-,30-,36?,37?. The van der Waals surface area contributed by atoms with Crippen molar-refractivity contribution in [1.29, 1.82) is 5.26 Å². The molecule has 11 nitrogen and oxygen atoms in total. The molecule has 3 fully saturated rings. The predicted octanol–water partition coefficient (Wildman–Crippen LogP) is 6.50. The molecule has 3 aromatic carbocycles. The number of amides is 4. The Balaban J connectivity index is 0.759. The monoisotopic (exact) mass is 872 g/mol. The molecule has 1 aliphatic carbocycles. The molecule has 0 aromatic heterocycles. The third-order valence-corrected chi connectivity index (χ3v) is 13.9. The Morgan fingerprint density at radius 2 is 1.60 bits per heavy atom. The van der Waals surface area contributed by atoms with Crippen molar-refractivity contribution in [1.82, 2.24) is 15.1 Å². The Labute approximate surface area is 338 Å². The van der Waals surface area contributed by atoms with Crippen LogP contribution in [0.4, 0.5) is 11.4 Å². The first-order valence-electron chi connectivity index (χ1n) is 19.1. The Hall–Kier alpha value is -4.32. The molecule has 4 amide bonds. The number of carbonyl (C=O) groups excluding carboxylic acids is 5. The average molecular weight is 873 g/mol. The third kappa shape index (κ3) is 7.76. The number of imide groups is 2. The summed E-state index contributed by atoms with van der Waals surface area (Å²) in [5, 5.41) is 15.4. The maximum Gasteiger partial charge on any atom is 0.262 e. The number of nitriles is 1. The van der Waals surface area contributed by atoms with Gasteiger partial charge in [0.15, 0.2) is 5.78 Å². The molecule has 1 saturated carbocycles. The highest BCUT2D eigenvalue weighted by Gasteiger charge is 2.45. The van der Waals surface area contributed by atoms with Crippen LogP contribution >= 0.6 is 34.2 Å². The van der Waals surface area contributed by atoms with Crippen molar-refractivity contribution in [3.63, 3.8) is 0 Å². The number of anilines is 2. The molecule has 284 valence electrons. The lowest BCUT2D eigenvalue weighted by Gasteiger charge is -2.42. The quantitative estimate of drug-likeness (QED) is 0.0956. The first-order valence-corrected chi connectivity index (χ1v) is 20.7. The number of benzene rings is 3. The van der Waals surface area contributed by atoms with E-state index in [-0.39, 0.29) is 24.5 Å². The number of nitrogens with zero attached hydrogens (tertiary/aromatic N) is 4. The van der Waals surface area contributed by atoms with Crippen LogP contribution in [0.5, 0.6) is 0 Å². The summed E-state index contributed by atoms with van der Waals surface area (Å²) < 4.78 is 0.453. The number of rotatable bonds is 11. The molecule has 4 heterocycles. The molecular weight excluding hydrogens is 831 g/mol. The zero-order chi connectivity index (χ0) is 38.4. The molecule has 55 heavy (non-hydrogen) atoms. The number of alkyl halides is 1. The highest BCUT2D eigenvalue weighted by Crippen LogP contribution is 2.37. The second kappa shape index (κ2) is 15.7. The van der Waals surface area contributed by atoms with Crippen LogP contribution in [0.3, 0.4) is 0 Å². The van der Waals surface area contributed by atoms with Gasteiger partial charge < -0.3 is 10.2 Å². The SMILES string of the molecule is N#Cc1ccc(N[C@H]2CC[C@H](C(I)CCC(=O)c3ccc(N4CC(CN5Cc6cc7c(cc6C5)C(=O)N(C5CCC(=O)NC5=O)C7=O)C4)cc3)CC2)cc1Cl. The van der Waals surface area contributed by atoms with Crippen LogP contribution in [-0.2, 0) is 22.7 Å². The summed E-state index contributed by atoms with van der Waals surface area (Å²) in [4.78, 5) is 69.4. The van der Waals surface area contributed by atoms with Gasteiger partial charge in [-0.25, -0.2) is 0 Å². The van der Waals surface area contributed by atoms with E-state index >= 15 is 0 Å². The second-order valence-corrected chi connectivity index (χ2v) is 17.6. The molecule has 0 radical (unpaired) electrons. The van der Waals surface area contributed by atoms with Crippen LogP contribution in [0.25, 0.3) is 0 Å². The molecule has 2 unspecified atom stereocenters. The van der Waals surface area contributed by atoms with E-state index in [4.69, 9.17) is 16.9 Å². The Kier molecular flexibility index (Phi) is 10.7. The van der Waals surface area contributed by atoms with Crippen LogP contribution in [-0.4, -0.2) is 74.9 Å². The predicted molar refractivity (Wildman–Crippen MR) is 216 cm³/mol. The van der Waals surface area contributed by atoms with Crippen LogP contribution in [0, 0.1) is 23.2 Å². The fraction of sp³-hybridized carbons (Fsp3) is 0.429. The maximum atomic E-state index is 13.3. The van der Waals surface area contributed by atoms with Gasteiger partial charge in [-0.05, 0) is 110 Å². The minimum atomic E-state index is -0.960. The number of fused-ring (bicyclic) bond motifs is 2. The van der Waals surface area contributed by atoms with Gasteiger partial charge >= 0.3 is 0 Å². The van der Waals surface area contributed by atoms with Gasteiger partial charge in [0.25, 0.3) is 11.8 Å². The number of nitrogens with one attached hydrogen (secondary N) is 2. The molecular formula is C42H42ClIN6O5. The molecule has 0 bridgehead atoms. The first kappa shape index (κ1) is 37.6. The highest BCUT2D eigenvalue weighted by molar-refractivity contribution is 14.1. The number of Topliss-reactive ketones (excluding diaryl/α,β-unsaturated/α-hetero) is 1. The van der Waals surface area contributed by atoms with Crippen molar-refractivity contribution in [2.75, 3.05) is 29.9 Å². The Morgan fingerprint density at radius 3 is 2.22 bits per heavy atom. The van der Waals surface area contributed by atoms with E-state index in [1.165, 1.54) is 0 Å². The summed E-state index contributed by atoms with van der Waals surface area (Å²) in [6.45, 7) is 4.14. The maximum absolute atomic E-state index is 13.3. The lowest BCUT2D eigenvalue weighted by molar-refractivity contribution is -0.136. The van der Waals surface area contributed by atoms with Crippen LogP contribution in [0.2, 0.25) is 5.02 Å². The topological polar surface area (TPSA) is 143 Å². The minimum Gasteiger partial charge on any atom is -0.382 e. The van der Waals surface area contributed by atoms with Crippen molar-refractivity contribution in [3.8, 4) is 6.07 Å². The van der Waals surface area contributed by atoms with Gasteiger partial charge in [0, 0.05) is 78.4 Å². The van der Waals surface area contributed by atoms with E-state index in [0.29, 0.717) is 63.0 Å². The summed E-state index contributed by atoms with van der Waals surface area (Å²) >= 11 is 8.75. The van der Waals surface area contributed by atoms with Gasteiger partial charge in [0.2, 0.25) is 11.8 Å². The lowest BCUT2D eigenvalue weighted by atomic mass is 9.82. The van der Waals surface area contributed by atoms with Gasteiger partial charge in [-0.3, -0.25) is 39.1 Å². The van der Waals surface area contributed by atoms with E-state index in [0.717, 1.165) is 84.7 Å². The number of hydrogen-bond donors (Lipinski definition) is 2.